The van der Waals surface area contributed by atoms with Crippen molar-refractivity contribution in [1.29, 1.82) is 5.26 Å². The molecule has 12 nitrogen and oxygen atoms in total. The molecule has 0 aliphatic carbocycles. The summed E-state index contributed by atoms with van der Waals surface area (Å²) in [7, 11) is 1.56. The Balaban J connectivity index is 1.41. The minimum atomic E-state index is -0.540. The fourth-order valence-corrected chi connectivity index (χ4v) is 4.06. The molecule has 0 saturated carbocycles. The number of nitro groups is 1. The molecule has 0 spiro atoms. The lowest BCUT2D eigenvalue weighted by Gasteiger charge is -2.15. The lowest BCUT2D eigenvalue weighted by Crippen LogP contribution is -2.16. The van der Waals surface area contributed by atoms with Crippen LogP contribution in [0, 0.1) is 21.4 Å². The quantitative estimate of drug-likeness (QED) is 0.245. The minimum Gasteiger partial charge on any atom is -0.497 e. The third-order valence-electron chi connectivity index (χ3n) is 6.07. The first-order valence-electron chi connectivity index (χ1n) is 11.9. The standard InChI is InChI=1S/C27H22N6O6/c1-37-19-5-3-18(4-6-19)31-27(34)16-2-7-25(30-13-16)32-26-17(12-28)14-29-22-11-24(39-20-8-9-38-15-20)23(33(35)36)10-21(22)26/h2-7,10-11,13-14,20H,8-9,15H2,1H3,(H,31,34)(H,29,30,32). The number of nitrogens with zero attached hydrogens (tertiary/aromatic N) is 4. The molecule has 2 N–H and O–H groups in total. The van der Waals surface area contributed by atoms with E-state index < -0.39 is 4.92 Å². The summed E-state index contributed by atoms with van der Waals surface area (Å²) >= 11 is 0. The Morgan fingerprint density at radius 2 is 2.00 bits per heavy atom. The predicted octanol–water partition coefficient (Wildman–Crippen LogP) is 4.58. The Bertz CT molecular complexity index is 1580. The molecular formula is C27H22N6O6. The normalized spacial score (nSPS) is 14.4. The second-order valence-corrected chi connectivity index (χ2v) is 8.60. The molecule has 1 fully saturated rings. The zero-order chi connectivity index (χ0) is 27.4. The molecule has 1 unspecified atom stereocenters. The first-order chi connectivity index (χ1) is 18.9. The topological polar surface area (TPSA) is 162 Å². The number of rotatable bonds is 8. The average molecular weight is 527 g/mol. The Morgan fingerprint density at radius 3 is 2.64 bits per heavy atom. The maximum atomic E-state index is 12.6. The van der Waals surface area contributed by atoms with Crippen molar-refractivity contribution in [2.24, 2.45) is 0 Å². The van der Waals surface area contributed by atoms with Gasteiger partial charge in [-0.15, -0.1) is 0 Å². The zero-order valence-corrected chi connectivity index (χ0v) is 20.7. The predicted molar refractivity (Wildman–Crippen MR) is 141 cm³/mol. The van der Waals surface area contributed by atoms with Crippen molar-refractivity contribution in [2.45, 2.75) is 12.5 Å². The number of anilines is 3. The highest BCUT2D eigenvalue weighted by atomic mass is 16.6. The van der Waals surface area contributed by atoms with Crippen LogP contribution in [0.15, 0.2) is 60.9 Å². The Hall–Kier alpha value is -5.28. The van der Waals surface area contributed by atoms with Crippen LogP contribution in [0.1, 0.15) is 22.3 Å². The number of carbonyl (C=O) groups excluding carboxylic acids is 1. The van der Waals surface area contributed by atoms with E-state index in [2.05, 4.69) is 26.7 Å². The highest BCUT2D eigenvalue weighted by Gasteiger charge is 2.25. The zero-order valence-electron chi connectivity index (χ0n) is 20.7. The minimum absolute atomic E-state index is 0.0801. The number of hydrogen-bond acceptors (Lipinski definition) is 10. The summed E-state index contributed by atoms with van der Waals surface area (Å²) in [5.41, 5.74) is 1.50. The smallest absolute Gasteiger partial charge is 0.311 e. The van der Waals surface area contributed by atoms with E-state index >= 15 is 0 Å². The van der Waals surface area contributed by atoms with Gasteiger partial charge in [-0.1, -0.05) is 0 Å². The summed E-state index contributed by atoms with van der Waals surface area (Å²) in [5, 5.41) is 27.7. The summed E-state index contributed by atoms with van der Waals surface area (Å²) in [4.78, 5) is 32.5. The number of amides is 1. The van der Waals surface area contributed by atoms with Gasteiger partial charge in [0.2, 0.25) is 0 Å². The van der Waals surface area contributed by atoms with E-state index in [-0.39, 0.29) is 29.0 Å². The molecule has 4 aromatic rings. The monoisotopic (exact) mass is 526 g/mol. The number of fused-ring (bicyclic) bond motifs is 1. The molecule has 2 aromatic heterocycles. The number of methoxy groups -OCH3 is 1. The molecule has 1 atom stereocenters. The van der Waals surface area contributed by atoms with Crippen LogP contribution in [0.3, 0.4) is 0 Å². The third kappa shape index (κ3) is 5.53. The fourth-order valence-electron chi connectivity index (χ4n) is 4.06. The summed E-state index contributed by atoms with van der Waals surface area (Å²) < 4.78 is 16.2. The Labute approximate surface area is 222 Å². The van der Waals surface area contributed by atoms with Gasteiger partial charge in [0.05, 0.1) is 47.6 Å². The number of aromatic nitrogens is 2. The number of ether oxygens (including phenoxy) is 3. The highest BCUT2D eigenvalue weighted by molar-refractivity contribution is 6.04. The van der Waals surface area contributed by atoms with Crippen molar-refractivity contribution < 1.29 is 23.9 Å². The molecule has 0 bridgehead atoms. The number of benzene rings is 2. The van der Waals surface area contributed by atoms with Gasteiger partial charge in [-0.05, 0) is 36.4 Å². The summed E-state index contributed by atoms with van der Waals surface area (Å²) in [6, 6.07) is 14.9. The maximum Gasteiger partial charge on any atom is 0.311 e. The molecule has 3 heterocycles. The summed E-state index contributed by atoms with van der Waals surface area (Å²) in [5.74, 6) is 0.715. The van der Waals surface area contributed by atoms with Crippen LogP contribution in [0.2, 0.25) is 0 Å². The van der Waals surface area contributed by atoms with Gasteiger partial charge in [-0.2, -0.15) is 5.26 Å². The van der Waals surface area contributed by atoms with E-state index in [0.717, 1.165) is 0 Å². The van der Waals surface area contributed by atoms with Crippen LogP contribution in [0.25, 0.3) is 10.9 Å². The summed E-state index contributed by atoms with van der Waals surface area (Å²) in [6.07, 6.45) is 3.09. The van der Waals surface area contributed by atoms with Crippen LogP contribution in [0.5, 0.6) is 11.5 Å². The number of hydrogen-bond donors (Lipinski definition) is 2. The number of nitrogens with one attached hydrogen (secondary N) is 2. The van der Waals surface area contributed by atoms with Crippen molar-refractivity contribution in [3.05, 3.63) is 82.2 Å². The van der Waals surface area contributed by atoms with Gasteiger partial charge in [-0.25, -0.2) is 4.98 Å². The molecule has 0 radical (unpaired) electrons. The third-order valence-corrected chi connectivity index (χ3v) is 6.07. The Morgan fingerprint density at radius 1 is 1.18 bits per heavy atom. The number of nitro benzene ring substituents is 1. The van der Waals surface area contributed by atoms with Gasteiger partial charge in [0, 0.05) is 42.0 Å². The van der Waals surface area contributed by atoms with Crippen LogP contribution in [-0.2, 0) is 4.74 Å². The van der Waals surface area contributed by atoms with Crippen LogP contribution < -0.4 is 20.1 Å². The van der Waals surface area contributed by atoms with E-state index in [1.165, 1.54) is 24.5 Å². The molecule has 196 valence electrons. The average Bonchev–Trinajstić information content (AvgIpc) is 3.46. The molecule has 2 aromatic carbocycles. The largest absolute Gasteiger partial charge is 0.497 e. The molecule has 1 aliphatic rings. The Kier molecular flexibility index (Phi) is 7.15. The molecule has 12 heteroatoms. The van der Waals surface area contributed by atoms with Crippen molar-refractivity contribution in [2.75, 3.05) is 31.0 Å². The van der Waals surface area contributed by atoms with E-state index in [0.29, 0.717) is 59.0 Å². The van der Waals surface area contributed by atoms with Crippen molar-refractivity contribution in [3.8, 4) is 17.6 Å². The van der Waals surface area contributed by atoms with Gasteiger partial charge in [-0.3, -0.25) is 19.9 Å². The molecule has 1 amide bonds. The van der Waals surface area contributed by atoms with Crippen molar-refractivity contribution in [3.63, 3.8) is 0 Å². The van der Waals surface area contributed by atoms with Gasteiger partial charge >= 0.3 is 5.69 Å². The lowest BCUT2D eigenvalue weighted by atomic mass is 10.1. The second kappa shape index (κ2) is 11.0. The number of nitriles is 1. The molecule has 39 heavy (non-hydrogen) atoms. The first kappa shape index (κ1) is 25.4. The van der Waals surface area contributed by atoms with E-state index in [1.54, 1.807) is 43.5 Å². The second-order valence-electron chi connectivity index (χ2n) is 8.60. The van der Waals surface area contributed by atoms with E-state index in [9.17, 15) is 20.2 Å². The van der Waals surface area contributed by atoms with Gasteiger partial charge in [0.1, 0.15) is 23.7 Å². The van der Waals surface area contributed by atoms with Crippen LogP contribution in [0.4, 0.5) is 22.9 Å². The maximum absolute atomic E-state index is 12.6. The van der Waals surface area contributed by atoms with E-state index in [1.807, 2.05) is 0 Å². The van der Waals surface area contributed by atoms with Gasteiger partial charge in [0.25, 0.3) is 5.91 Å². The fraction of sp³-hybridized carbons (Fsp3) is 0.185. The number of carbonyl (C=O) groups is 1. The molecule has 1 saturated heterocycles. The van der Waals surface area contributed by atoms with E-state index in [4.69, 9.17) is 14.2 Å². The van der Waals surface area contributed by atoms with Crippen molar-refractivity contribution >= 4 is 39.7 Å². The van der Waals surface area contributed by atoms with Crippen LogP contribution in [-0.4, -0.2) is 47.2 Å². The number of pyridine rings is 2. The van der Waals surface area contributed by atoms with Gasteiger partial charge in [0.15, 0.2) is 5.75 Å². The molecule has 5 rings (SSSR count). The molecular weight excluding hydrogens is 504 g/mol. The van der Waals surface area contributed by atoms with Crippen LogP contribution >= 0.6 is 0 Å². The van der Waals surface area contributed by atoms with Crippen molar-refractivity contribution in [1.82, 2.24) is 9.97 Å². The molecule has 1 aliphatic heterocycles. The summed E-state index contributed by atoms with van der Waals surface area (Å²) in [6.45, 7) is 0.876. The van der Waals surface area contributed by atoms with Gasteiger partial charge < -0.3 is 24.8 Å². The first-order valence-corrected chi connectivity index (χ1v) is 11.9. The lowest BCUT2D eigenvalue weighted by molar-refractivity contribution is -0.385. The SMILES string of the molecule is COc1ccc(NC(=O)c2ccc(Nc3c(C#N)cnc4cc(OC5CCOC5)c([N+](=O)[O-])cc34)nc2)cc1. The highest BCUT2D eigenvalue weighted by Crippen LogP contribution is 2.37.